The quantitative estimate of drug-likeness (QED) is 0.192. The topological polar surface area (TPSA) is 0 Å². The zero-order chi connectivity index (χ0) is 20.3. The van der Waals surface area contributed by atoms with E-state index in [0.717, 1.165) is 17.8 Å². The van der Waals surface area contributed by atoms with E-state index in [1.165, 1.54) is 109 Å². The van der Waals surface area contributed by atoms with Crippen molar-refractivity contribution in [3.63, 3.8) is 0 Å². The van der Waals surface area contributed by atoms with Crippen molar-refractivity contribution in [1.29, 1.82) is 0 Å². The molecule has 3 unspecified atom stereocenters. The summed E-state index contributed by atoms with van der Waals surface area (Å²) < 4.78 is 0. The van der Waals surface area contributed by atoms with Gasteiger partial charge < -0.3 is 0 Å². The summed E-state index contributed by atoms with van der Waals surface area (Å²) in [4.78, 5) is 0. The average molecular weight is 393 g/mol. The summed E-state index contributed by atoms with van der Waals surface area (Å²) in [5.41, 5.74) is 0. The fourth-order valence-corrected chi connectivity index (χ4v) is 5.65. The highest BCUT2D eigenvalue weighted by molar-refractivity contribution is 4.80. The molecule has 0 aliphatic heterocycles. The molecule has 168 valence electrons. The van der Waals surface area contributed by atoms with Gasteiger partial charge in [0.05, 0.1) is 0 Å². The Kier molecular flexibility index (Phi) is 17.7. The van der Waals surface area contributed by atoms with E-state index in [1.54, 1.807) is 32.1 Å². The number of hydrogen-bond acceptors (Lipinski definition) is 0. The molecule has 0 N–H and O–H groups in total. The lowest BCUT2D eigenvalue weighted by atomic mass is 9.69. The maximum Gasteiger partial charge on any atom is -0.0383 e. The molecule has 0 heteroatoms. The molecule has 0 radical (unpaired) electrons. The molecule has 28 heavy (non-hydrogen) atoms. The summed E-state index contributed by atoms with van der Waals surface area (Å²) in [6.07, 6.45) is 32.8. The second-order valence-corrected chi connectivity index (χ2v) is 10.2. The van der Waals surface area contributed by atoms with Gasteiger partial charge in [-0.3, -0.25) is 0 Å². The Morgan fingerprint density at radius 3 is 1.43 bits per heavy atom. The zero-order valence-electron chi connectivity index (χ0n) is 20.3. The molecule has 0 nitrogen and oxygen atoms in total. The predicted molar refractivity (Wildman–Crippen MR) is 129 cm³/mol. The highest BCUT2D eigenvalue weighted by atomic mass is 14.3. The molecule has 3 atom stereocenters. The largest absolute Gasteiger partial charge is 0.0654 e. The highest BCUT2D eigenvalue weighted by Crippen LogP contribution is 2.41. The van der Waals surface area contributed by atoms with Gasteiger partial charge >= 0.3 is 0 Å². The van der Waals surface area contributed by atoms with Gasteiger partial charge in [0.25, 0.3) is 0 Å². The molecule has 1 saturated carbocycles. The molecule has 1 fully saturated rings. The third-order valence-corrected chi connectivity index (χ3v) is 7.57. The third kappa shape index (κ3) is 13.3. The minimum atomic E-state index is 1.07. The molecule has 0 heterocycles. The van der Waals surface area contributed by atoms with Crippen LogP contribution in [0.1, 0.15) is 162 Å². The van der Waals surface area contributed by atoms with Gasteiger partial charge in [-0.2, -0.15) is 0 Å². The molecule has 0 aromatic carbocycles. The Hall–Kier alpha value is 0. The van der Waals surface area contributed by atoms with Crippen LogP contribution in [0.3, 0.4) is 0 Å². The SMILES string of the molecule is CCCCCCCCC1CCC(CCCCCC)CC1CCCCCCCC. The van der Waals surface area contributed by atoms with E-state index in [-0.39, 0.29) is 0 Å². The van der Waals surface area contributed by atoms with E-state index in [1.807, 2.05) is 0 Å². The fraction of sp³-hybridized carbons (Fsp3) is 1.00. The van der Waals surface area contributed by atoms with Gasteiger partial charge in [0.1, 0.15) is 0 Å². The number of unbranched alkanes of at least 4 members (excludes halogenated alkanes) is 13. The van der Waals surface area contributed by atoms with E-state index in [9.17, 15) is 0 Å². The summed E-state index contributed by atoms with van der Waals surface area (Å²) >= 11 is 0. The normalized spacial score (nSPS) is 22.6. The van der Waals surface area contributed by atoms with Crippen molar-refractivity contribution >= 4 is 0 Å². The first-order valence-electron chi connectivity index (χ1n) is 13.8. The minimum absolute atomic E-state index is 1.07. The predicted octanol–water partition coefficient (Wildman–Crippen LogP) is 10.5. The van der Waals surface area contributed by atoms with Gasteiger partial charge in [-0.25, -0.2) is 0 Å². The summed E-state index contributed by atoms with van der Waals surface area (Å²) in [6.45, 7) is 6.99. The Balaban J connectivity index is 2.30. The van der Waals surface area contributed by atoms with Crippen molar-refractivity contribution in [2.24, 2.45) is 17.8 Å². The van der Waals surface area contributed by atoms with Gasteiger partial charge in [0.2, 0.25) is 0 Å². The van der Waals surface area contributed by atoms with Crippen LogP contribution < -0.4 is 0 Å². The van der Waals surface area contributed by atoms with Crippen LogP contribution in [0.5, 0.6) is 0 Å². The lowest BCUT2D eigenvalue weighted by Gasteiger charge is -2.37. The van der Waals surface area contributed by atoms with Crippen LogP contribution in [-0.4, -0.2) is 0 Å². The summed E-state index contributed by atoms with van der Waals surface area (Å²) in [7, 11) is 0. The summed E-state index contributed by atoms with van der Waals surface area (Å²) in [5.74, 6) is 3.23. The Morgan fingerprint density at radius 2 is 0.857 bits per heavy atom. The first-order chi connectivity index (χ1) is 13.8. The molecule has 1 aliphatic rings. The van der Waals surface area contributed by atoms with Crippen LogP contribution >= 0.6 is 0 Å². The van der Waals surface area contributed by atoms with E-state index >= 15 is 0 Å². The molecule has 0 aromatic heterocycles. The fourth-order valence-electron chi connectivity index (χ4n) is 5.65. The molecule has 0 bridgehead atoms. The molecule has 0 saturated heterocycles. The average Bonchev–Trinajstić information content (AvgIpc) is 2.71. The van der Waals surface area contributed by atoms with Crippen molar-refractivity contribution in [2.75, 3.05) is 0 Å². The van der Waals surface area contributed by atoms with Crippen molar-refractivity contribution in [3.05, 3.63) is 0 Å². The maximum atomic E-state index is 2.34. The third-order valence-electron chi connectivity index (χ3n) is 7.57. The van der Waals surface area contributed by atoms with Crippen molar-refractivity contribution in [2.45, 2.75) is 162 Å². The molecular formula is C28H56. The monoisotopic (exact) mass is 392 g/mol. The van der Waals surface area contributed by atoms with Crippen LogP contribution in [-0.2, 0) is 0 Å². The van der Waals surface area contributed by atoms with Gasteiger partial charge in [-0.1, -0.05) is 149 Å². The van der Waals surface area contributed by atoms with E-state index in [0.29, 0.717) is 0 Å². The lowest BCUT2D eigenvalue weighted by Crippen LogP contribution is -2.25. The Morgan fingerprint density at radius 1 is 0.429 bits per heavy atom. The van der Waals surface area contributed by atoms with Crippen LogP contribution in [0.25, 0.3) is 0 Å². The van der Waals surface area contributed by atoms with Gasteiger partial charge in [-0.15, -0.1) is 0 Å². The van der Waals surface area contributed by atoms with Crippen molar-refractivity contribution in [3.8, 4) is 0 Å². The smallest absolute Gasteiger partial charge is 0.0383 e. The Labute approximate surface area is 180 Å². The molecule has 0 amide bonds. The first kappa shape index (κ1) is 26.0. The van der Waals surface area contributed by atoms with E-state index in [2.05, 4.69) is 20.8 Å². The Bertz CT molecular complexity index is 307. The van der Waals surface area contributed by atoms with Crippen molar-refractivity contribution < 1.29 is 0 Å². The summed E-state index contributed by atoms with van der Waals surface area (Å²) in [5, 5.41) is 0. The second-order valence-electron chi connectivity index (χ2n) is 10.2. The molecular weight excluding hydrogens is 336 g/mol. The number of rotatable bonds is 19. The van der Waals surface area contributed by atoms with Crippen LogP contribution in [0, 0.1) is 17.8 Å². The van der Waals surface area contributed by atoms with Crippen LogP contribution in [0.15, 0.2) is 0 Å². The highest BCUT2D eigenvalue weighted by Gasteiger charge is 2.29. The number of hydrogen-bond donors (Lipinski definition) is 0. The first-order valence-corrected chi connectivity index (χ1v) is 13.8. The van der Waals surface area contributed by atoms with Gasteiger partial charge in [0.15, 0.2) is 0 Å². The van der Waals surface area contributed by atoms with Crippen LogP contribution in [0.4, 0.5) is 0 Å². The summed E-state index contributed by atoms with van der Waals surface area (Å²) in [6, 6.07) is 0. The minimum Gasteiger partial charge on any atom is -0.0654 e. The molecule has 1 rings (SSSR count). The standard InChI is InChI=1S/C28H56/c1-4-7-10-13-15-18-21-27-24-23-26(20-17-12-9-6-3)25-28(27)22-19-16-14-11-8-5-2/h26-28H,4-25H2,1-3H3. The molecule has 0 spiro atoms. The zero-order valence-corrected chi connectivity index (χ0v) is 20.3. The molecule has 0 aromatic rings. The van der Waals surface area contributed by atoms with Gasteiger partial charge in [-0.05, 0) is 30.6 Å². The maximum absolute atomic E-state index is 2.34. The van der Waals surface area contributed by atoms with Crippen LogP contribution in [0.2, 0.25) is 0 Å². The lowest BCUT2D eigenvalue weighted by molar-refractivity contribution is 0.147. The molecule has 1 aliphatic carbocycles. The van der Waals surface area contributed by atoms with Gasteiger partial charge in [0, 0.05) is 0 Å². The van der Waals surface area contributed by atoms with E-state index in [4.69, 9.17) is 0 Å². The van der Waals surface area contributed by atoms with E-state index < -0.39 is 0 Å². The second kappa shape index (κ2) is 19.0. The van der Waals surface area contributed by atoms with Crippen molar-refractivity contribution in [1.82, 2.24) is 0 Å².